The van der Waals surface area contributed by atoms with Gasteiger partial charge in [-0.25, -0.2) is 0 Å². The van der Waals surface area contributed by atoms with Gasteiger partial charge in [-0.3, -0.25) is 10.1 Å². The maximum absolute atomic E-state index is 11.3. The summed E-state index contributed by atoms with van der Waals surface area (Å²) in [6, 6.07) is 8.55. The number of carbonyl (C=O) groups is 1. The van der Waals surface area contributed by atoms with Crippen molar-refractivity contribution in [1.82, 2.24) is 5.32 Å². The molecule has 1 heterocycles. The molecule has 1 saturated heterocycles. The molecule has 1 aliphatic rings. The molecule has 0 amide bonds. The van der Waals surface area contributed by atoms with Crippen LogP contribution in [0.25, 0.3) is 0 Å². The summed E-state index contributed by atoms with van der Waals surface area (Å²) in [6.45, 7) is 3.34. The van der Waals surface area contributed by atoms with Gasteiger partial charge in [0.05, 0.1) is 5.60 Å². The van der Waals surface area contributed by atoms with Gasteiger partial charge in [0, 0.05) is 13.2 Å². The lowest BCUT2D eigenvalue weighted by Crippen LogP contribution is -2.41. The van der Waals surface area contributed by atoms with E-state index in [1.807, 2.05) is 37.3 Å². The van der Waals surface area contributed by atoms with E-state index in [0.29, 0.717) is 6.54 Å². The van der Waals surface area contributed by atoms with Crippen LogP contribution in [0, 0.1) is 0 Å². The van der Waals surface area contributed by atoms with Crippen molar-refractivity contribution in [2.24, 2.45) is 0 Å². The zero-order valence-electron chi connectivity index (χ0n) is 10.6. The highest BCUT2D eigenvalue weighted by Gasteiger charge is 2.31. The highest BCUT2D eigenvalue weighted by Crippen LogP contribution is 2.25. The average Bonchev–Trinajstić information content (AvgIpc) is 2.78. The predicted molar refractivity (Wildman–Crippen MR) is 68.4 cm³/mol. The molecule has 0 spiro atoms. The molecule has 0 aromatic heterocycles. The van der Waals surface area contributed by atoms with E-state index in [1.54, 1.807) is 0 Å². The van der Waals surface area contributed by atoms with E-state index in [2.05, 4.69) is 5.32 Å². The summed E-state index contributed by atoms with van der Waals surface area (Å²) in [6.07, 6.45) is 2.02. The fourth-order valence-corrected chi connectivity index (χ4v) is 2.29. The largest absolute Gasteiger partial charge is 0.480 e. The molecule has 4 heteroatoms. The van der Waals surface area contributed by atoms with Crippen LogP contribution in [0.1, 0.15) is 31.4 Å². The molecule has 2 rings (SSSR count). The Hall–Kier alpha value is -1.39. The number of ether oxygens (including phenoxy) is 1. The molecular weight excluding hydrogens is 230 g/mol. The molecule has 1 aromatic rings. The Morgan fingerprint density at radius 3 is 2.78 bits per heavy atom. The van der Waals surface area contributed by atoms with Crippen LogP contribution in [0.15, 0.2) is 30.3 Å². The number of aliphatic carboxylic acids is 1. The van der Waals surface area contributed by atoms with Crippen LogP contribution in [0.2, 0.25) is 0 Å². The minimum Gasteiger partial charge on any atom is -0.480 e. The Morgan fingerprint density at radius 2 is 2.22 bits per heavy atom. The number of rotatable bonds is 5. The van der Waals surface area contributed by atoms with Crippen LogP contribution in [0.4, 0.5) is 0 Å². The van der Waals surface area contributed by atoms with Crippen molar-refractivity contribution in [3.05, 3.63) is 35.9 Å². The summed E-state index contributed by atoms with van der Waals surface area (Å²) < 4.78 is 5.65. The van der Waals surface area contributed by atoms with E-state index in [4.69, 9.17) is 4.74 Å². The smallest absolute Gasteiger partial charge is 0.325 e. The van der Waals surface area contributed by atoms with Gasteiger partial charge in [-0.2, -0.15) is 0 Å². The van der Waals surface area contributed by atoms with Gasteiger partial charge in [-0.15, -0.1) is 0 Å². The van der Waals surface area contributed by atoms with Gasteiger partial charge >= 0.3 is 5.97 Å². The number of hydrogen-bond donors (Lipinski definition) is 2. The van der Waals surface area contributed by atoms with Crippen molar-refractivity contribution in [2.45, 2.75) is 31.4 Å². The van der Waals surface area contributed by atoms with Crippen molar-refractivity contribution in [3.63, 3.8) is 0 Å². The summed E-state index contributed by atoms with van der Waals surface area (Å²) in [5.74, 6) is -0.859. The van der Waals surface area contributed by atoms with Crippen molar-refractivity contribution >= 4 is 5.97 Å². The first-order valence-corrected chi connectivity index (χ1v) is 6.26. The summed E-state index contributed by atoms with van der Waals surface area (Å²) in [5, 5.41) is 12.4. The van der Waals surface area contributed by atoms with Gasteiger partial charge in [0.2, 0.25) is 0 Å². The standard InChI is InChI=1S/C14H19NO3/c1-14(8-5-9-18-14)10-15-12(13(16)17)11-6-3-2-4-7-11/h2-4,6-7,12,15H,5,8-10H2,1H3,(H,16,17). The van der Waals surface area contributed by atoms with E-state index < -0.39 is 12.0 Å². The lowest BCUT2D eigenvalue weighted by Gasteiger charge is -2.26. The van der Waals surface area contributed by atoms with Crippen LogP contribution >= 0.6 is 0 Å². The third-order valence-electron chi connectivity index (χ3n) is 3.36. The Bertz CT molecular complexity index is 399. The van der Waals surface area contributed by atoms with E-state index in [9.17, 15) is 9.90 Å². The highest BCUT2D eigenvalue weighted by molar-refractivity contribution is 5.75. The van der Waals surface area contributed by atoms with Crippen LogP contribution in [-0.2, 0) is 9.53 Å². The lowest BCUT2D eigenvalue weighted by molar-refractivity contribution is -0.140. The second-order valence-electron chi connectivity index (χ2n) is 4.96. The average molecular weight is 249 g/mol. The monoisotopic (exact) mass is 249 g/mol. The first kappa shape index (κ1) is 13.1. The van der Waals surface area contributed by atoms with Crippen molar-refractivity contribution in [1.29, 1.82) is 0 Å². The minimum atomic E-state index is -0.859. The molecule has 18 heavy (non-hydrogen) atoms. The van der Waals surface area contributed by atoms with Gasteiger partial charge in [0.1, 0.15) is 6.04 Å². The van der Waals surface area contributed by atoms with Gasteiger partial charge in [-0.05, 0) is 25.3 Å². The molecular formula is C14H19NO3. The van der Waals surface area contributed by atoms with Crippen molar-refractivity contribution in [3.8, 4) is 0 Å². The Labute approximate surface area is 107 Å². The summed E-state index contributed by atoms with van der Waals surface area (Å²) in [4.78, 5) is 11.3. The van der Waals surface area contributed by atoms with Gasteiger partial charge in [-0.1, -0.05) is 30.3 Å². The number of hydrogen-bond acceptors (Lipinski definition) is 3. The number of nitrogens with one attached hydrogen (secondary N) is 1. The highest BCUT2D eigenvalue weighted by atomic mass is 16.5. The normalized spacial score (nSPS) is 24.9. The molecule has 2 atom stereocenters. The zero-order chi connectivity index (χ0) is 13.0. The third kappa shape index (κ3) is 3.09. The van der Waals surface area contributed by atoms with Gasteiger partial charge < -0.3 is 9.84 Å². The fraction of sp³-hybridized carbons (Fsp3) is 0.500. The number of benzene rings is 1. The van der Waals surface area contributed by atoms with Gasteiger partial charge in [0.25, 0.3) is 0 Å². The molecule has 0 aliphatic carbocycles. The molecule has 1 fully saturated rings. The Morgan fingerprint density at radius 1 is 1.50 bits per heavy atom. The first-order chi connectivity index (χ1) is 8.61. The third-order valence-corrected chi connectivity index (χ3v) is 3.36. The van der Waals surface area contributed by atoms with Crippen LogP contribution in [0.5, 0.6) is 0 Å². The predicted octanol–water partition coefficient (Wildman–Crippen LogP) is 1.97. The van der Waals surface area contributed by atoms with Crippen molar-refractivity contribution < 1.29 is 14.6 Å². The minimum absolute atomic E-state index is 0.234. The summed E-state index contributed by atoms with van der Waals surface area (Å²) >= 11 is 0. The first-order valence-electron chi connectivity index (χ1n) is 6.26. The molecule has 98 valence electrons. The molecule has 4 nitrogen and oxygen atoms in total. The van der Waals surface area contributed by atoms with E-state index in [-0.39, 0.29) is 5.60 Å². The molecule has 0 bridgehead atoms. The van der Waals surface area contributed by atoms with Crippen LogP contribution < -0.4 is 5.32 Å². The molecule has 2 N–H and O–H groups in total. The molecule has 1 aliphatic heterocycles. The quantitative estimate of drug-likeness (QED) is 0.837. The summed E-state index contributed by atoms with van der Waals surface area (Å²) in [5.41, 5.74) is 0.536. The maximum atomic E-state index is 11.3. The number of carboxylic acid groups (broad SMARTS) is 1. The van der Waals surface area contributed by atoms with E-state index >= 15 is 0 Å². The lowest BCUT2D eigenvalue weighted by atomic mass is 10.0. The van der Waals surface area contributed by atoms with E-state index in [1.165, 1.54) is 0 Å². The van der Waals surface area contributed by atoms with Crippen LogP contribution in [-0.4, -0.2) is 29.8 Å². The zero-order valence-corrected chi connectivity index (χ0v) is 10.6. The molecule has 0 saturated carbocycles. The maximum Gasteiger partial charge on any atom is 0.325 e. The molecule has 2 unspecified atom stereocenters. The molecule has 0 radical (unpaired) electrons. The van der Waals surface area contributed by atoms with Gasteiger partial charge in [0.15, 0.2) is 0 Å². The number of carboxylic acids is 1. The van der Waals surface area contributed by atoms with Crippen LogP contribution in [0.3, 0.4) is 0 Å². The SMILES string of the molecule is CC1(CNC(C(=O)O)c2ccccc2)CCCO1. The second kappa shape index (κ2) is 5.50. The van der Waals surface area contributed by atoms with E-state index in [0.717, 1.165) is 25.0 Å². The van der Waals surface area contributed by atoms with Crippen molar-refractivity contribution in [2.75, 3.05) is 13.2 Å². The molecule has 1 aromatic carbocycles. The topological polar surface area (TPSA) is 58.6 Å². The fourth-order valence-electron chi connectivity index (χ4n) is 2.29. The Balaban J connectivity index is 2.01. The Kier molecular flexibility index (Phi) is 3.99. The summed E-state index contributed by atoms with van der Waals surface area (Å²) in [7, 11) is 0. The second-order valence-corrected chi connectivity index (χ2v) is 4.96.